The van der Waals surface area contributed by atoms with Crippen LogP contribution in [0.1, 0.15) is 10.4 Å². The summed E-state index contributed by atoms with van der Waals surface area (Å²) < 4.78 is 6.32. The fourth-order valence-corrected chi connectivity index (χ4v) is 2.93. The predicted molar refractivity (Wildman–Crippen MR) is 65.9 cm³/mol. The fourth-order valence-electron chi connectivity index (χ4n) is 1.79. The second-order valence-corrected chi connectivity index (χ2v) is 4.42. The van der Waals surface area contributed by atoms with E-state index in [1.165, 1.54) is 11.3 Å². The van der Waals surface area contributed by atoms with Crippen molar-refractivity contribution in [3.8, 4) is 11.8 Å². The maximum atomic E-state index is 9.09. The van der Waals surface area contributed by atoms with E-state index in [-0.39, 0.29) is 0 Å². The Labute approximate surface area is 98.1 Å². The summed E-state index contributed by atoms with van der Waals surface area (Å²) in [5.74, 6) is 0.822. The molecule has 1 heterocycles. The average Bonchev–Trinajstić information content (AvgIpc) is 2.68. The van der Waals surface area contributed by atoms with Gasteiger partial charge < -0.3 is 10.5 Å². The number of hydrogen-bond acceptors (Lipinski definition) is 4. The van der Waals surface area contributed by atoms with Crippen LogP contribution in [-0.2, 0) is 6.42 Å². The highest BCUT2D eigenvalue weighted by Gasteiger charge is 2.13. The molecular weight excluding hydrogens is 220 g/mol. The van der Waals surface area contributed by atoms with Crippen LogP contribution in [0.3, 0.4) is 0 Å². The van der Waals surface area contributed by atoms with E-state index in [0.29, 0.717) is 6.54 Å². The molecule has 0 unspecified atom stereocenters. The van der Waals surface area contributed by atoms with Crippen molar-refractivity contribution < 1.29 is 4.74 Å². The van der Waals surface area contributed by atoms with Gasteiger partial charge in [-0.1, -0.05) is 12.1 Å². The minimum atomic E-state index is 0.553. The van der Waals surface area contributed by atoms with Gasteiger partial charge in [0.05, 0.1) is 11.8 Å². The molecule has 0 bridgehead atoms. The topological polar surface area (TPSA) is 59.0 Å². The summed E-state index contributed by atoms with van der Waals surface area (Å²) in [7, 11) is 1.64. The van der Waals surface area contributed by atoms with Gasteiger partial charge in [0.15, 0.2) is 0 Å². The van der Waals surface area contributed by atoms with Crippen LogP contribution in [0.5, 0.6) is 5.75 Å². The van der Waals surface area contributed by atoms with Crippen molar-refractivity contribution in [2.45, 2.75) is 6.42 Å². The van der Waals surface area contributed by atoms with Crippen molar-refractivity contribution in [2.24, 2.45) is 5.73 Å². The number of methoxy groups -OCH3 is 1. The molecule has 0 atom stereocenters. The van der Waals surface area contributed by atoms with Crippen LogP contribution in [0.25, 0.3) is 10.1 Å². The third-order valence-corrected chi connectivity index (χ3v) is 3.67. The minimum absolute atomic E-state index is 0.553. The molecule has 16 heavy (non-hydrogen) atoms. The zero-order chi connectivity index (χ0) is 11.5. The van der Waals surface area contributed by atoms with Gasteiger partial charge in [0.1, 0.15) is 16.7 Å². The summed E-state index contributed by atoms with van der Waals surface area (Å²) in [5.41, 5.74) is 6.61. The van der Waals surface area contributed by atoms with Crippen LogP contribution in [0.15, 0.2) is 18.2 Å². The Balaban J connectivity index is 2.73. The smallest absolute Gasteiger partial charge is 0.136 e. The fraction of sp³-hybridized carbons (Fsp3) is 0.250. The van der Waals surface area contributed by atoms with Gasteiger partial charge in [-0.15, -0.1) is 11.3 Å². The highest BCUT2D eigenvalue weighted by atomic mass is 32.1. The molecule has 0 aliphatic heterocycles. The van der Waals surface area contributed by atoms with E-state index in [0.717, 1.165) is 32.7 Å². The molecule has 0 saturated heterocycles. The van der Waals surface area contributed by atoms with Crippen LogP contribution in [0.4, 0.5) is 0 Å². The Morgan fingerprint density at radius 2 is 2.31 bits per heavy atom. The van der Waals surface area contributed by atoms with E-state index in [9.17, 15) is 0 Å². The Morgan fingerprint density at radius 3 is 2.94 bits per heavy atom. The van der Waals surface area contributed by atoms with Gasteiger partial charge in [0.2, 0.25) is 0 Å². The largest absolute Gasteiger partial charge is 0.495 e. The molecule has 0 spiro atoms. The van der Waals surface area contributed by atoms with Crippen molar-refractivity contribution in [2.75, 3.05) is 13.7 Å². The molecule has 1 aromatic heterocycles. The summed E-state index contributed by atoms with van der Waals surface area (Å²) in [6.45, 7) is 0.553. The number of benzene rings is 1. The highest BCUT2D eigenvalue weighted by molar-refractivity contribution is 7.20. The number of nitrogens with two attached hydrogens (primary N) is 1. The van der Waals surface area contributed by atoms with Crippen LogP contribution in [0, 0.1) is 11.3 Å². The lowest BCUT2D eigenvalue weighted by Gasteiger charge is -2.01. The minimum Gasteiger partial charge on any atom is -0.495 e. The first-order valence-electron chi connectivity index (χ1n) is 5.00. The van der Waals surface area contributed by atoms with Gasteiger partial charge in [-0.2, -0.15) is 5.26 Å². The first-order valence-corrected chi connectivity index (χ1v) is 5.82. The summed E-state index contributed by atoms with van der Waals surface area (Å²) in [4.78, 5) is 0.741. The standard InChI is InChI=1S/C12H12N2OS/c1-15-10-4-2-3-9-8(5-6-13)11(7-14)16-12(9)10/h2-4H,5-6,13H2,1H3. The lowest BCUT2D eigenvalue weighted by Crippen LogP contribution is -2.03. The van der Waals surface area contributed by atoms with Crippen LogP contribution >= 0.6 is 11.3 Å². The van der Waals surface area contributed by atoms with Gasteiger partial charge in [-0.3, -0.25) is 0 Å². The summed E-state index contributed by atoms with van der Waals surface area (Å²) in [5, 5.41) is 10.2. The molecule has 0 saturated carbocycles. The third kappa shape index (κ3) is 1.64. The van der Waals surface area contributed by atoms with Crippen LogP contribution in [0.2, 0.25) is 0 Å². The van der Waals surface area contributed by atoms with Crippen molar-refractivity contribution in [3.05, 3.63) is 28.6 Å². The lowest BCUT2D eigenvalue weighted by atomic mass is 10.1. The second-order valence-electron chi connectivity index (χ2n) is 3.40. The number of thiophene rings is 1. The molecule has 1 aromatic carbocycles. The molecular formula is C12H12N2OS. The molecule has 0 aliphatic rings. The number of nitriles is 1. The highest BCUT2D eigenvalue weighted by Crippen LogP contribution is 2.37. The van der Waals surface area contributed by atoms with Crippen molar-refractivity contribution in [1.29, 1.82) is 5.26 Å². The number of ether oxygens (including phenoxy) is 1. The quantitative estimate of drug-likeness (QED) is 0.883. The first-order chi connectivity index (χ1) is 7.81. The van der Waals surface area contributed by atoms with E-state index in [4.69, 9.17) is 15.7 Å². The normalized spacial score (nSPS) is 10.3. The summed E-state index contributed by atoms with van der Waals surface area (Å²) >= 11 is 1.47. The number of nitrogens with zero attached hydrogens (tertiary/aromatic N) is 1. The maximum absolute atomic E-state index is 9.09. The monoisotopic (exact) mass is 232 g/mol. The number of fused-ring (bicyclic) bond motifs is 1. The molecule has 0 aliphatic carbocycles. The summed E-state index contributed by atoms with van der Waals surface area (Å²) in [6, 6.07) is 8.09. The molecule has 0 fully saturated rings. The summed E-state index contributed by atoms with van der Waals surface area (Å²) in [6.07, 6.45) is 0.732. The predicted octanol–water partition coefficient (Wildman–Crippen LogP) is 2.28. The van der Waals surface area contributed by atoms with E-state index < -0.39 is 0 Å². The average molecular weight is 232 g/mol. The van der Waals surface area contributed by atoms with Gasteiger partial charge in [0, 0.05) is 5.39 Å². The molecule has 4 heteroatoms. The Morgan fingerprint density at radius 1 is 1.50 bits per heavy atom. The van der Waals surface area contributed by atoms with E-state index in [1.807, 2.05) is 18.2 Å². The molecule has 82 valence electrons. The third-order valence-electron chi connectivity index (χ3n) is 2.50. The molecule has 0 radical (unpaired) electrons. The molecule has 0 amide bonds. The zero-order valence-corrected chi connectivity index (χ0v) is 9.80. The van der Waals surface area contributed by atoms with Gasteiger partial charge >= 0.3 is 0 Å². The van der Waals surface area contributed by atoms with Gasteiger partial charge in [0.25, 0.3) is 0 Å². The Hall–Kier alpha value is -1.57. The second kappa shape index (κ2) is 4.52. The number of rotatable bonds is 3. The van der Waals surface area contributed by atoms with Crippen molar-refractivity contribution in [3.63, 3.8) is 0 Å². The van der Waals surface area contributed by atoms with Crippen LogP contribution < -0.4 is 10.5 Å². The zero-order valence-electron chi connectivity index (χ0n) is 8.99. The van der Waals surface area contributed by atoms with Crippen molar-refractivity contribution >= 4 is 21.4 Å². The molecule has 2 rings (SSSR count). The lowest BCUT2D eigenvalue weighted by molar-refractivity contribution is 0.420. The molecule has 2 aromatic rings. The van der Waals surface area contributed by atoms with Crippen molar-refractivity contribution in [1.82, 2.24) is 0 Å². The van der Waals surface area contributed by atoms with Gasteiger partial charge in [-0.25, -0.2) is 0 Å². The number of hydrogen-bond donors (Lipinski definition) is 1. The molecule has 3 nitrogen and oxygen atoms in total. The first kappa shape index (κ1) is 10.9. The van der Waals surface area contributed by atoms with E-state index in [1.54, 1.807) is 7.11 Å². The van der Waals surface area contributed by atoms with E-state index in [2.05, 4.69) is 6.07 Å². The van der Waals surface area contributed by atoms with Gasteiger partial charge in [-0.05, 0) is 24.6 Å². The van der Waals surface area contributed by atoms with Crippen LogP contribution in [-0.4, -0.2) is 13.7 Å². The Bertz CT molecular complexity index is 554. The Kier molecular flexibility index (Phi) is 3.09. The van der Waals surface area contributed by atoms with E-state index >= 15 is 0 Å². The molecule has 2 N–H and O–H groups in total. The maximum Gasteiger partial charge on any atom is 0.136 e. The SMILES string of the molecule is COc1cccc2c(CCN)c(C#N)sc12.